The highest BCUT2D eigenvalue weighted by atomic mass is 19.1. The van der Waals surface area contributed by atoms with Crippen LogP contribution in [0.2, 0.25) is 0 Å². The van der Waals surface area contributed by atoms with E-state index < -0.39 is 11.9 Å². The molecular weight excluding hydrogens is 510 g/mol. The quantitative estimate of drug-likeness (QED) is 0.268. The molecule has 0 amide bonds. The molecule has 206 valence electrons. The standard InChI is InChI=1S/C33H32F2N2O3/c1-33-18-23-19-36-37(26-11-9-25(34)10-12-26)30(23)17-24(33)4-3-5-28(33)32(38)22-8-15-29(35)31(16-22)40-20-21-6-13-27(39-2)14-7-21/h6-17,19,28,32,38H,3-5,18,20H2,1-2H3/t28?,32-,33-/m0/s1. The van der Waals surface area contributed by atoms with Crippen molar-refractivity contribution in [2.24, 2.45) is 11.3 Å². The Hall–Kier alpha value is -3.97. The molecule has 4 aromatic rings. The van der Waals surface area contributed by atoms with Gasteiger partial charge in [0, 0.05) is 0 Å². The Morgan fingerprint density at radius 2 is 1.85 bits per heavy atom. The summed E-state index contributed by atoms with van der Waals surface area (Å²) in [5, 5.41) is 16.3. The predicted molar refractivity (Wildman–Crippen MR) is 149 cm³/mol. The van der Waals surface area contributed by atoms with Gasteiger partial charge in [0.15, 0.2) is 11.6 Å². The molecule has 0 saturated heterocycles. The van der Waals surface area contributed by atoms with Gasteiger partial charge in [-0.1, -0.05) is 30.7 Å². The Bertz CT molecular complexity index is 1550. The average Bonchev–Trinajstić information content (AvgIpc) is 3.37. The van der Waals surface area contributed by atoms with Crippen LogP contribution in [-0.4, -0.2) is 22.0 Å². The maximum absolute atomic E-state index is 14.7. The van der Waals surface area contributed by atoms with Crippen LogP contribution in [0.1, 0.15) is 54.7 Å². The highest BCUT2D eigenvalue weighted by Crippen LogP contribution is 2.55. The van der Waals surface area contributed by atoms with Crippen molar-refractivity contribution < 1.29 is 23.4 Å². The molecule has 7 heteroatoms. The number of aliphatic hydroxyl groups is 1. The van der Waals surface area contributed by atoms with Crippen LogP contribution >= 0.6 is 0 Å². The summed E-state index contributed by atoms with van der Waals surface area (Å²) in [5.41, 5.74) is 5.44. The summed E-state index contributed by atoms with van der Waals surface area (Å²) >= 11 is 0. The number of hydrogen-bond donors (Lipinski definition) is 1. The Labute approximate surface area is 232 Å². The molecule has 0 aliphatic heterocycles. The van der Waals surface area contributed by atoms with Gasteiger partial charge in [0.05, 0.1) is 30.8 Å². The van der Waals surface area contributed by atoms with Gasteiger partial charge in [-0.3, -0.25) is 0 Å². The Morgan fingerprint density at radius 1 is 1.07 bits per heavy atom. The van der Waals surface area contributed by atoms with Crippen LogP contribution in [0.5, 0.6) is 11.5 Å². The molecule has 1 aromatic heterocycles. The molecule has 1 saturated carbocycles. The van der Waals surface area contributed by atoms with E-state index >= 15 is 0 Å². The second kappa shape index (κ2) is 10.5. The smallest absolute Gasteiger partial charge is 0.165 e. The lowest BCUT2D eigenvalue weighted by Gasteiger charge is -2.47. The zero-order chi connectivity index (χ0) is 27.9. The van der Waals surface area contributed by atoms with Gasteiger partial charge in [0.1, 0.15) is 18.2 Å². The van der Waals surface area contributed by atoms with E-state index in [0.29, 0.717) is 5.56 Å². The first-order valence-corrected chi connectivity index (χ1v) is 13.6. The van der Waals surface area contributed by atoms with Crippen molar-refractivity contribution in [2.75, 3.05) is 7.11 Å². The summed E-state index contributed by atoms with van der Waals surface area (Å²) in [4.78, 5) is 0. The minimum absolute atomic E-state index is 0.0604. The first kappa shape index (κ1) is 26.3. The molecule has 3 atom stereocenters. The fourth-order valence-electron chi connectivity index (χ4n) is 6.30. The molecule has 6 rings (SSSR count). The van der Waals surface area contributed by atoms with E-state index in [4.69, 9.17) is 9.47 Å². The van der Waals surface area contributed by atoms with Crippen LogP contribution in [0.25, 0.3) is 11.8 Å². The Morgan fingerprint density at radius 3 is 2.60 bits per heavy atom. The molecule has 0 radical (unpaired) electrons. The zero-order valence-corrected chi connectivity index (χ0v) is 22.6. The number of ether oxygens (including phenoxy) is 2. The third-order valence-corrected chi connectivity index (χ3v) is 8.57. The van der Waals surface area contributed by atoms with Gasteiger partial charge in [0.25, 0.3) is 0 Å². The third-order valence-electron chi connectivity index (χ3n) is 8.57. The number of hydrogen-bond acceptors (Lipinski definition) is 4. The number of fused-ring (bicyclic) bond motifs is 2. The van der Waals surface area contributed by atoms with Crippen molar-refractivity contribution >= 4 is 6.08 Å². The summed E-state index contributed by atoms with van der Waals surface area (Å²) < 4.78 is 41.1. The van der Waals surface area contributed by atoms with Crippen molar-refractivity contribution in [2.45, 2.75) is 45.3 Å². The first-order chi connectivity index (χ1) is 19.4. The van der Waals surface area contributed by atoms with Crippen LogP contribution in [0.3, 0.4) is 0 Å². The molecule has 1 unspecified atom stereocenters. The fraction of sp³-hybridized carbons (Fsp3) is 0.303. The number of benzene rings is 3. The van der Waals surface area contributed by atoms with Gasteiger partial charge in [-0.25, -0.2) is 13.5 Å². The number of halogens is 2. The fourth-order valence-corrected chi connectivity index (χ4v) is 6.30. The summed E-state index contributed by atoms with van der Waals surface area (Å²) in [6.45, 7) is 2.42. The van der Waals surface area contributed by atoms with E-state index in [2.05, 4.69) is 18.1 Å². The van der Waals surface area contributed by atoms with Crippen molar-refractivity contribution in [3.05, 3.63) is 113 Å². The predicted octanol–water partition coefficient (Wildman–Crippen LogP) is 7.22. The number of methoxy groups -OCH3 is 1. The van der Waals surface area contributed by atoms with Gasteiger partial charge in [0.2, 0.25) is 0 Å². The lowest BCUT2D eigenvalue weighted by atomic mass is 9.57. The molecule has 1 N–H and O–H groups in total. The SMILES string of the molecule is COc1ccc(COc2cc([C@H](O)C3CCCC4=Cc5c(cnn5-c5ccc(F)cc5)C[C@@]43C)ccc2F)cc1. The summed E-state index contributed by atoms with van der Waals surface area (Å²) in [7, 11) is 1.61. The van der Waals surface area contributed by atoms with Crippen molar-refractivity contribution in [1.82, 2.24) is 9.78 Å². The number of rotatable bonds is 7. The molecule has 1 heterocycles. The second-order valence-corrected chi connectivity index (χ2v) is 11.0. The molecule has 3 aromatic carbocycles. The van der Waals surface area contributed by atoms with Crippen LogP contribution < -0.4 is 9.47 Å². The van der Waals surface area contributed by atoms with E-state index in [1.807, 2.05) is 35.1 Å². The molecule has 0 spiro atoms. The minimum Gasteiger partial charge on any atom is -0.497 e. The molecule has 0 bridgehead atoms. The largest absolute Gasteiger partial charge is 0.497 e. The number of allylic oxidation sites excluding steroid dienone is 1. The van der Waals surface area contributed by atoms with Gasteiger partial charge >= 0.3 is 0 Å². The number of aromatic nitrogens is 2. The zero-order valence-electron chi connectivity index (χ0n) is 22.6. The topological polar surface area (TPSA) is 56.5 Å². The summed E-state index contributed by atoms with van der Waals surface area (Å²) in [6.07, 6.45) is 6.76. The maximum Gasteiger partial charge on any atom is 0.165 e. The summed E-state index contributed by atoms with van der Waals surface area (Å²) in [6, 6.07) is 18.4. The van der Waals surface area contributed by atoms with Gasteiger partial charge in [-0.15, -0.1) is 0 Å². The van der Waals surface area contributed by atoms with Crippen LogP contribution in [0.15, 0.2) is 78.5 Å². The average molecular weight is 543 g/mol. The van der Waals surface area contributed by atoms with E-state index in [1.54, 1.807) is 31.4 Å². The van der Waals surface area contributed by atoms with E-state index in [0.717, 1.165) is 53.9 Å². The highest BCUT2D eigenvalue weighted by Gasteiger charge is 2.46. The highest BCUT2D eigenvalue weighted by molar-refractivity contribution is 5.61. The molecule has 2 aliphatic carbocycles. The minimum atomic E-state index is -0.786. The molecule has 40 heavy (non-hydrogen) atoms. The lowest BCUT2D eigenvalue weighted by Crippen LogP contribution is -2.40. The molecular formula is C33H32F2N2O3. The number of nitrogens with zero attached hydrogens (tertiary/aromatic N) is 2. The van der Waals surface area contributed by atoms with Gasteiger partial charge in [-0.2, -0.15) is 5.10 Å². The first-order valence-electron chi connectivity index (χ1n) is 13.6. The second-order valence-electron chi connectivity index (χ2n) is 11.0. The Balaban J connectivity index is 1.24. The van der Waals surface area contributed by atoms with Gasteiger partial charge in [-0.05, 0) is 108 Å². The number of aliphatic hydroxyl groups excluding tert-OH is 1. The van der Waals surface area contributed by atoms with Crippen LogP contribution in [-0.2, 0) is 13.0 Å². The maximum atomic E-state index is 14.7. The monoisotopic (exact) mass is 542 g/mol. The molecule has 2 aliphatic rings. The van der Waals surface area contributed by atoms with E-state index in [9.17, 15) is 13.9 Å². The van der Waals surface area contributed by atoms with Crippen molar-refractivity contribution in [3.63, 3.8) is 0 Å². The van der Waals surface area contributed by atoms with Crippen molar-refractivity contribution in [1.29, 1.82) is 0 Å². The van der Waals surface area contributed by atoms with Gasteiger partial charge < -0.3 is 14.6 Å². The lowest BCUT2D eigenvalue weighted by molar-refractivity contribution is 0.0215. The normalized spacial score (nSPS) is 20.7. The van der Waals surface area contributed by atoms with Crippen LogP contribution in [0, 0.1) is 23.0 Å². The third kappa shape index (κ3) is 4.79. The van der Waals surface area contributed by atoms with E-state index in [1.165, 1.54) is 23.8 Å². The Kier molecular flexibility index (Phi) is 6.92. The van der Waals surface area contributed by atoms with Crippen LogP contribution in [0.4, 0.5) is 8.78 Å². The summed E-state index contributed by atoms with van der Waals surface area (Å²) in [5.74, 6) is 0.0581. The van der Waals surface area contributed by atoms with Crippen molar-refractivity contribution in [3.8, 4) is 17.2 Å². The molecule has 5 nitrogen and oxygen atoms in total. The van der Waals surface area contributed by atoms with E-state index in [-0.39, 0.29) is 29.5 Å². The molecule has 1 fully saturated rings.